The van der Waals surface area contributed by atoms with Crippen molar-refractivity contribution in [2.75, 3.05) is 18.2 Å². The normalized spacial score (nSPS) is 11.6. The van der Waals surface area contributed by atoms with E-state index >= 15 is 0 Å². The van der Waals surface area contributed by atoms with Crippen LogP contribution in [0.25, 0.3) is 0 Å². The molecule has 2 aromatic rings. The third-order valence-electron chi connectivity index (χ3n) is 2.98. The highest BCUT2D eigenvalue weighted by Gasteiger charge is 2.11. The fraction of sp³-hybridized carbons (Fsp3) is 0.176. The molecule has 1 amide bonds. The van der Waals surface area contributed by atoms with Gasteiger partial charge in [0, 0.05) is 33.5 Å². The number of carbonyl (C=O) groups excluding carboxylic acids is 2. The zero-order chi connectivity index (χ0) is 17.5. The number of benzene rings is 2. The summed E-state index contributed by atoms with van der Waals surface area (Å²) in [6.07, 6.45) is 1.59. The number of carbonyl (C=O) groups is 2. The molecule has 0 aliphatic rings. The van der Waals surface area contributed by atoms with Crippen molar-refractivity contribution in [2.24, 2.45) is 0 Å². The standard InChI is InChI=1S/C17H16ClNO4S/c1-24(22)11-12-4-2-5-13(8-12)17(21)23-10-16(20)19-15-7-3-6-14(18)9-15/h2-9H,10-11H2,1H3,(H,19,20). The molecule has 0 saturated heterocycles. The SMILES string of the molecule is CS(=O)Cc1cccc(C(=O)OCC(=O)Nc2cccc(Cl)c2)c1. The Bertz CT molecular complexity index is 779. The summed E-state index contributed by atoms with van der Waals surface area (Å²) < 4.78 is 16.2. The van der Waals surface area contributed by atoms with Gasteiger partial charge >= 0.3 is 5.97 Å². The summed E-state index contributed by atoms with van der Waals surface area (Å²) in [6, 6.07) is 13.3. The van der Waals surface area contributed by atoms with Crippen LogP contribution < -0.4 is 5.32 Å². The minimum atomic E-state index is -1.00. The Hall–Kier alpha value is -2.18. The molecular weight excluding hydrogens is 350 g/mol. The molecule has 5 nitrogen and oxygen atoms in total. The predicted octanol–water partition coefficient (Wildman–Crippen LogP) is 3.01. The van der Waals surface area contributed by atoms with Gasteiger partial charge in [-0.15, -0.1) is 0 Å². The fourth-order valence-electron chi connectivity index (χ4n) is 2.00. The molecule has 7 heteroatoms. The van der Waals surface area contributed by atoms with Crippen molar-refractivity contribution in [1.29, 1.82) is 0 Å². The van der Waals surface area contributed by atoms with Crippen LogP contribution in [-0.2, 0) is 26.1 Å². The van der Waals surface area contributed by atoms with Crippen LogP contribution in [0, 0.1) is 0 Å². The van der Waals surface area contributed by atoms with E-state index in [-0.39, 0.29) is 0 Å². The average Bonchev–Trinajstić information content (AvgIpc) is 2.52. The molecule has 0 radical (unpaired) electrons. The van der Waals surface area contributed by atoms with Gasteiger partial charge in [0.05, 0.1) is 5.56 Å². The maximum absolute atomic E-state index is 12.0. The summed E-state index contributed by atoms with van der Waals surface area (Å²) in [6.45, 7) is -0.407. The third-order valence-corrected chi connectivity index (χ3v) is 3.95. The van der Waals surface area contributed by atoms with E-state index in [2.05, 4.69) is 5.32 Å². The van der Waals surface area contributed by atoms with Crippen LogP contribution in [0.1, 0.15) is 15.9 Å². The Balaban J connectivity index is 1.90. The van der Waals surface area contributed by atoms with Crippen molar-refractivity contribution in [3.8, 4) is 0 Å². The quantitative estimate of drug-likeness (QED) is 0.799. The summed E-state index contributed by atoms with van der Waals surface area (Å²) in [5, 5.41) is 3.08. The van der Waals surface area contributed by atoms with E-state index in [0.29, 0.717) is 22.0 Å². The maximum atomic E-state index is 12.0. The molecule has 0 aliphatic carbocycles. The van der Waals surface area contributed by atoms with Gasteiger partial charge in [-0.2, -0.15) is 0 Å². The summed E-state index contributed by atoms with van der Waals surface area (Å²) >= 11 is 5.83. The second kappa shape index (κ2) is 8.61. The van der Waals surface area contributed by atoms with Gasteiger partial charge in [-0.25, -0.2) is 4.79 Å². The molecule has 0 bridgehead atoms. The Labute approximate surface area is 147 Å². The monoisotopic (exact) mass is 365 g/mol. The lowest BCUT2D eigenvalue weighted by atomic mass is 10.1. The number of nitrogens with one attached hydrogen (secondary N) is 1. The molecule has 0 spiro atoms. The van der Waals surface area contributed by atoms with Crippen LogP contribution in [0.4, 0.5) is 5.69 Å². The zero-order valence-corrected chi connectivity index (χ0v) is 14.5. The number of hydrogen-bond donors (Lipinski definition) is 1. The first-order valence-electron chi connectivity index (χ1n) is 7.05. The van der Waals surface area contributed by atoms with Gasteiger partial charge in [0.1, 0.15) is 0 Å². The van der Waals surface area contributed by atoms with Crippen molar-refractivity contribution in [3.05, 3.63) is 64.7 Å². The lowest BCUT2D eigenvalue weighted by molar-refractivity contribution is -0.119. The van der Waals surface area contributed by atoms with Crippen LogP contribution in [0.2, 0.25) is 5.02 Å². The molecule has 0 saturated carbocycles. The van der Waals surface area contributed by atoms with Gasteiger partial charge in [0.25, 0.3) is 5.91 Å². The lowest BCUT2D eigenvalue weighted by Gasteiger charge is -2.07. The number of hydrogen-bond acceptors (Lipinski definition) is 4. The van der Waals surface area contributed by atoms with Crippen LogP contribution in [0.3, 0.4) is 0 Å². The van der Waals surface area contributed by atoms with Crippen molar-refractivity contribution in [2.45, 2.75) is 5.75 Å². The lowest BCUT2D eigenvalue weighted by Crippen LogP contribution is -2.21. The summed E-state index contributed by atoms with van der Waals surface area (Å²) in [5.74, 6) is -0.715. The molecule has 2 aromatic carbocycles. The number of halogens is 1. The molecule has 1 unspecified atom stereocenters. The smallest absolute Gasteiger partial charge is 0.338 e. The van der Waals surface area contributed by atoms with Crippen molar-refractivity contribution >= 4 is 40.0 Å². The van der Waals surface area contributed by atoms with Crippen molar-refractivity contribution in [1.82, 2.24) is 0 Å². The second-order valence-electron chi connectivity index (χ2n) is 5.05. The largest absolute Gasteiger partial charge is 0.452 e. The van der Waals surface area contributed by atoms with Crippen molar-refractivity contribution in [3.63, 3.8) is 0 Å². The molecule has 1 N–H and O–H groups in total. The minimum absolute atomic E-state index is 0.313. The molecule has 0 aliphatic heterocycles. The number of amides is 1. The van der Waals surface area contributed by atoms with E-state index in [1.165, 1.54) is 0 Å². The third kappa shape index (κ3) is 5.79. The summed E-state index contributed by atoms with van der Waals surface area (Å²) in [5.41, 5.74) is 1.61. The van der Waals surface area contributed by atoms with E-state index in [0.717, 1.165) is 5.56 Å². The molecule has 1 atom stereocenters. The predicted molar refractivity (Wildman–Crippen MR) is 94.6 cm³/mol. The first kappa shape index (κ1) is 18.2. The van der Waals surface area contributed by atoms with E-state index in [1.54, 1.807) is 54.8 Å². The van der Waals surface area contributed by atoms with E-state index in [4.69, 9.17) is 16.3 Å². The first-order valence-corrected chi connectivity index (χ1v) is 9.16. The Morgan fingerprint density at radius 2 is 1.92 bits per heavy atom. The zero-order valence-electron chi connectivity index (χ0n) is 13.0. The van der Waals surface area contributed by atoms with Crippen LogP contribution in [0.5, 0.6) is 0 Å². The van der Waals surface area contributed by atoms with Crippen LogP contribution >= 0.6 is 11.6 Å². The van der Waals surface area contributed by atoms with E-state index in [9.17, 15) is 13.8 Å². The van der Waals surface area contributed by atoms with Gasteiger partial charge in [0.2, 0.25) is 0 Å². The molecule has 24 heavy (non-hydrogen) atoms. The van der Waals surface area contributed by atoms with Gasteiger partial charge in [-0.05, 0) is 35.9 Å². The molecule has 0 heterocycles. The Morgan fingerprint density at radius 1 is 1.17 bits per heavy atom. The highest BCUT2D eigenvalue weighted by atomic mass is 35.5. The highest BCUT2D eigenvalue weighted by Crippen LogP contribution is 2.15. The van der Waals surface area contributed by atoms with Crippen LogP contribution in [0.15, 0.2) is 48.5 Å². The fourth-order valence-corrected chi connectivity index (χ4v) is 2.84. The number of rotatable bonds is 6. The van der Waals surface area contributed by atoms with Gasteiger partial charge < -0.3 is 10.1 Å². The molecule has 0 aromatic heterocycles. The molecule has 2 rings (SSSR count). The first-order chi connectivity index (χ1) is 11.4. The maximum Gasteiger partial charge on any atom is 0.338 e. The van der Waals surface area contributed by atoms with Gasteiger partial charge in [-0.1, -0.05) is 29.8 Å². The molecular formula is C17H16ClNO4S. The Morgan fingerprint density at radius 3 is 2.62 bits per heavy atom. The minimum Gasteiger partial charge on any atom is -0.452 e. The summed E-state index contributed by atoms with van der Waals surface area (Å²) in [7, 11) is -1.00. The number of ether oxygens (including phenoxy) is 1. The number of esters is 1. The molecule has 0 fully saturated rings. The van der Waals surface area contributed by atoms with Crippen LogP contribution in [-0.4, -0.2) is 28.9 Å². The Kier molecular flexibility index (Phi) is 6.52. The topological polar surface area (TPSA) is 72.5 Å². The van der Waals surface area contributed by atoms with E-state index in [1.807, 2.05) is 0 Å². The summed E-state index contributed by atoms with van der Waals surface area (Å²) in [4.78, 5) is 23.8. The van der Waals surface area contributed by atoms with Gasteiger partial charge in [0.15, 0.2) is 6.61 Å². The van der Waals surface area contributed by atoms with Gasteiger partial charge in [-0.3, -0.25) is 9.00 Å². The van der Waals surface area contributed by atoms with E-state index < -0.39 is 29.3 Å². The average molecular weight is 366 g/mol. The highest BCUT2D eigenvalue weighted by molar-refractivity contribution is 7.83. The number of anilines is 1. The van der Waals surface area contributed by atoms with Crippen molar-refractivity contribution < 1.29 is 18.5 Å². The second-order valence-corrected chi connectivity index (χ2v) is 6.92. The molecule has 126 valence electrons.